The second-order valence-electron chi connectivity index (χ2n) is 8.05. The van der Waals surface area contributed by atoms with Gasteiger partial charge in [0.2, 0.25) is 10.0 Å². The van der Waals surface area contributed by atoms with E-state index in [4.69, 9.17) is 11.5 Å². The number of benzene rings is 1. The average molecular weight is 408 g/mol. The van der Waals surface area contributed by atoms with E-state index in [9.17, 15) is 13.5 Å². The van der Waals surface area contributed by atoms with Crippen molar-refractivity contribution in [2.75, 3.05) is 13.1 Å². The summed E-state index contributed by atoms with van der Waals surface area (Å²) in [6.45, 7) is 6.05. The Morgan fingerprint density at radius 1 is 1.18 bits per heavy atom. The number of aliphatic hydroxyl groups is 1. The highest BCUT2D eigenvalue weighted by Crippen LogP contribution is 2.29. The lowest BCUT2D eigenvalue weighted by molar-refractivity contribution is 0.116. The van der Waals surface area contributed by atoms with Gasteiger partial charge >= 0.3 is 0 Å². The highest BCUT2D eigenvalue weighted by Gasteiger charge is 2.34. The van der Waals surface area contributed by atoms with E-state index < -0.39 is 22.2 Å². The van der Waals surface area contributed by atoms with Crippen LogP contribution < -0.4 is 11.5 Å². The first-order chi connectivity index (χ1) is 13.1. The maximum atomic E-state index is 13.3. The van der Waals surface area contributed by atoms with Crippen LogP contribution in [0.1, 0.15) is 32.8 Å². The number of nitrogens with zero attached hydrogens (tertiary/aromatic N) is 1. The molecule has 0 saturated heterocycles. The monoisotopic (exact) mass is 407 g/mol. The van der Waals surface area contributed by atoms with Crippen LogP contribution in [-0.4, -0.2) is 43.1 Å². The number of allylic oxidation sites excluding steroid dienone is 4. The van der Waals surface area contributed by atoms with Crippen molar-refractivity contribution in [1.29, 1.82) is 0 Å². The Morgan fingerprint density at radius 2 is 1.82 bits per heavy atom. The molecule has 3 atom stereocenters. The van der Waals surface area contributed by atoms with Gasteiger partial charge in [-0.1, -0.05) is 51.1 Å². The van der Waals surface area contributed by atoms with Gasteiger partial charge in [0.25, 0.3) is 0 Å². The topological polar surface area (TPSA) is 110 Å². The Bertz CT molecular complexity index is 803. The number of sulfonamides is 1. The van der Waals surface area contributed by atoms with E-state index in [2.05, 4.69) is 0 Å². The number of hydrogen-bond donors (Lipinski definition) is 3. The minimum atomic E-state index is -3.71. The molecule has 0 aromatic heterocycles. The summed E-state index contributed by atoms with van der Waals surface area (Å²) in [4.78, 5) is 0.339. The van der Waals surface area contributed by atoms with Gasteiger partial charge in [-0.05, 0) is 42.4 Å². The predicted molar refractivity (Wildman–Crippen MR) is 114 cm³/mol. The molecule has 0 radical (unpaired) electrons. The summed E-state index contributed by atoms with van der Waals surface area (Å²) < 4.78 is 27.9. The molecule has 0 saturated carbocycles. The van der Waals surface area contributed by atoms with E-state index in [1.165, 1.54) is 4.31 Å². The van der Waals surface area contributed by atoms with Gasteiger partial charge in [-0.25, -0.2) is 8.42 Å². The van der Waals surface area contributed by atoms with Crippen molar-refractivity contribution in [3.8, 4) is 0 Å². The molecule has 1 aromatic carbocycles. The predicted octanol–water partition coefficient (Wildman–Crippen LogP) is 1.97. The van der Waals surface area contributed by atoms with Crippen molar-refractivity contribution < 1.29 is 13.5 Å². The summed E-state index contributed by atoms with van der Waals surface area (Å²) in [5.74, 6) is -0.0766. The van der Waals surface area contributed by atoms with E-state index in [1.54, 1.807) is 12.2 Å². The summed E-state index contributed by atoms with van der Waals surface area (Å²) in [6.07, 6.45) is 3.27. The quantitative estimate of drug-likeness (QED) is 0.580. The van der Waals surface area contributed by atoms with E-state index >= 15 is 0 Å². The molecule has 1 aromatic rings. The summed E-state index contributed by atoms with van der Waals surface area (Å²) in [6, 6.07) is 9.09. The fraction of sp³-hybridized carbons (Fsp3) is 0.524. The van der Waals surface area contributed by atoms with Crippen molar-refractivity contribution in [2.45, 2.75) is 45.8 Å². The molecule has 2 rings (SSSR count). The normalized spacial score (nSPS) is 20.0. The number of hydrogen-bond acceptors (Lipinski definition) is 5. The molecular formula is C21H33N3O3S. The largest absolute Gasteiger partial charge is 0.402 e. The fourth-order valence-corrected chi connectivity index (χ4v) is 5.38. The molecule has 1 aliphatic rings. The van der Waals surface area contributed by atoms with Gasteiger partial charge in [0.1, 0.15) is 0 Å². The van der Waals surface area contributed by atoms with Crippen molar-refractivity contribution in [2.24, 2.45) is 23.3 Å². The lowest BCUT2D eigenvalue weighted by Gasteiger charge is -2.31. The molecule has 0 aliphatic heterocycles. The maximum Gasteiger partial charge on any atom is 0.239 e. The molecule has 0 amide bonds. The molecule has 0 spiro atoms. The third kappa shape index (κ3) is 5.91. The first-order valence-corrected chi connectivity index (χ1v) is 11.2. The zero-order valence-corrected chi connectivity index (χ0v) is 17.8. The third-order valence-corrected chi connectivity index (χ3v) is 7.01. The highest BCUT2D eigenvalue weighted by atomic mass is 32.2. The first kappa shape index (κ1) is 22.6. The van der Waals surface area contributed by atoms with Crippen LogP contribution in [0.25, 0.3) is 0 Å². The molecule has 6 nitrogen and oxygen atoms in total. The smallest absolute Gasteiger partial charge is 0.239 e. The maximum absolute atomic E-state index is 13.3. The lowest BCUT2D eigenvalue weighted by Crippen LogP contribution is -2.48. The van der Waals surface area contributed by atoms with Gasteiger partial charge in [-0.3, -0.25) is 0 Å². The second kappa shape index (κ2) is 9.69. The molecule has 0 bridgehead atoms. The molecule has 5 N–H and O–H groups in total. The standard InChI is InChI=1S/C21H33N3O3S/c1-15(2)13-24(28(26,27)21-10-9-18(22)11-16(21)3)14-20(25)19(23)12-17-7-5-4-6-8-17/h4-10,15-16,19-20,25H,11-14,22-23H2,1-3H3/t16?,19-,20+/m0/s1. The van der Waals surface area contributed by atoms with Crippen molar-refractivity contribution >= 4 is 10.0 Å². The Morgan fingerprint density at radius 3 is 2.39 bits per heavy atom. The van der Waals surface area contributed by atoms with Crippen LogP contribution in [-0.2, 0) is 16.4 Å². The average Bonchev–Trinajstić information content (AvgIpc) is 2.61. The Kier molecular flexibility index (Phi) is 7.83. The van der Waals surface area contributed by atoms with Crippen LogP contribution in [0.2, 0.25) is 0 Å². The second-order valence-corrected chi connectivity index (χ2v) is 9.99. The number of nitrogens with two attached hydrogens (primary N) is 2. The van der Waals surface area contributed by atoms with E-state index in [1.807, 2.05) is 51.1 Å². The minimum Gasteiger partial charge on any atom is -0.402 e. The van der Waals surface area contributed by atoms with Crippen LogP contribution in [0.15, 0.2) is 53.1 Å². The molecule has 156 valence electrons. The van der Waals surface area contributed by atoms with Crippen molar-refractivity contribution in [1.82, 2.24) is 4.31 Å². The zero-order chi connectivity index (χ0) is 20.9. The van der Waals surface area contributed by atoms with Crippen molar-refractivity contribution in [3.63, 3.8) is 0 Å². The van der Waals surface area contributed by atoms with Gasteiger partial charge in [-0.15, -0.1) is 0 Å². The molecular weight excluding hydrogens is 374 g/mol. The highest BCUT2D eigenvalue weighted by molar-refractivity contribution is 7.93. The fourth-order valence-electron chi connectivity index (χ4n) is 3.41. The van der Waals surface area contributed by atoms with Gasteiger partial charge < -0.3 is 16.6 Å². The number of aliphatic hydroxyl groups excluding tert-OH is 1. The summed E-state index contributed by atoms with van der Waals surface area (Å²) in [7, 11) is -3.71. The third-order valence-electron chi connectivity index (χ3n) is 4.89. The van der Waals surface area contributed by atoms with Gasteiger partial charge in [0.15, 0.2) is 0 Å². The molecule has 0 fully saturated rings. The van der Waals surface area contributed by atoms with Crippen LogP contribution >= 0.6 is 0 Å². The molecule has 0 heterocycles. The Labute approximate surface area is 169 Å². The van der Waals surface area contributed by atoms with E-state index in [0.29, 0.717) is 30.0 Å². The number of rotatable bonds is 9. The molecule has 28 heavy (non-hydrogen) atoms. The van der Waals surface area contributed by atoms with Gasteiger partial charge in [0, 0.05) is 24.8 Å². The van der Waals surface area contributed by atoms with Crippen LogP contribution in [0, 0.1) is 11.8 Å². The van der Waals surface area contributed by atoms with Gasteiger partial charge in [-0.2, -0.15) is 4.31 Å². The lowest BCUT2D eigenvalue weighted by atomic mass is 10.0. The van der Waals surface area contributed by atoms with Crippen LogP contribution in [0.4, 0.5) is 0 Å². The Balaban J connectivity index is 2.18. The van der Waals surface area contributed by atoms with E-state index in [-0.39, 0.29) is 18.4 Å². The van der Waals surface area contributed by atoms with Gasteiger partial charge in [0.05, 0.1) is 11.0 Å². The molecule has 1 unspecified atom stereocenters. The summed E-state index contributed by atoms with van der Waals surface area (Å²) in [5, 5.41) is 10.6. The van der Waals surface area contributed by atoms with Crippen LogP contribution in [0.5, 0.6) is 0 Å². The van der Waals surface area contributed by atoms with E-state index in [0.717, 1.165) is 5.56 Å². The Hall–Kier alpha value is -1.67. The molecule has 7 heteroatoms. The van der Waals surface area contributed by atoms with Crippen molar-refractivity contribution in [3.05, 3.63) is 58.6 Å². The first-order valence-electron chi connectivity index (χ1n) is 9.75. The zero-order valence-electron chi connectivity index (χ0n) is 17.0. The summed E-state index contributed by atoms with van der Waals surface area (Å²) in [5.41, 5.74) is 13.7. The SMILES string of the molecule is CC(C)CN(C[C@@H](O)[C@@H](N)Cc1ccccc1)S(=O)(=O)C1=CC=C(N)CC1C. The minimum absolute atomic E-state index is 0.0300. The molecule has 1 aliphatic carbocycles. The summed E-state index contributed by atoms with van der Waals surface area (Å²) >= 11 is 0. The van der Waals surface area contributed by atoms with Crippen LogP contribution in [0.3, 0.4) is 0 Å².